The van der Waals surface area contributed by atoms with Crippen LogP contribution in [-0.2, 0) is 9.59 Å². The first-order chi connectivity index (χ1) is 10.4. The second-order valence-electron chi connectivity index (χ2n) is 3.44. The first-order valence-corrected chi connectivity index (χ1v) is 5.04. The smallest absolute Gasteiger partial charge is 0.326 e. The van der Waals surface area contributed by atoms with Crippen LogP contribution < -0.4 is 11.1 Å². The standard InChI is InChI=1S/C12H14N2O5/c13-8-3-1-7(2-4-8)11(17)14-9(12(18)19)5-6-10(15)16/h1-4,9H,5-6,13H2,(H,14,17)(H,15,16)(H,18,19)/t9-/m0/s1/i5D2,6D2. The van der Waals surface area contributed by atoms with Gasteiger partial charge in [-0.25, -0.2) is 4.79 Å². The Bertz CT molecular complexity index is 633. The number of nitrogens with one attached hydrogen (secondary N) is 1. The van der Waals surface area contributed by atoms with Crippen molar-refractivity contribution in [3.8, 4) is 0 Å². The van der Waals surface area contributed by atoms with Crippen molar-refractivity contribution in [1.29, 1.82) is 0 Å². The first-order valence-electron chi connectivity index (χ1n) is 7.04. The summed E-state index contributed by atoms with van der Waals surface area (Å²) < 4.78 is 29.6. The Balaban J connectivity index is 3.13. The average molecular weight is 270 g/mol. The number of carboxylic acids is 2. The number of carboxylic acid groups (broad SMARTS) is 2. The number of anilines is 1. The molecule has 0 aliphatic carbocycles. The number of hydrogen-bond acceptors (Lipinski definition) is 4. The van der Waals surface area contributed by atoms with Gasteiger partial charge >= 0.3 is 11.9 Å². The van der Waals surface area contributed by atoms with Gasteiger partial charge in [-0.05, 0) is 30.6 Å². The van der Waals surface area contributed by atoms with E-state index >= 15 is 0 Å². The maximum absolute atomic E-state index is 12.0. The summed E-state index contributed by atoms with van der Waals surface area (Å²) in [5.74, 6) is -5.11. The van der Waals surface area contributed by atoms with Crippen LogP contribution in [0.25, 0.3) is 0 Å². The van der Waals surface area contributed by atoms with Gasteiger partial charge in [0, 0.05) is 23.1 Å². The van der Waals surface area contributed by atoms with Crippen LogP contribution in [0.4, 0.5) is 5.69 Å². The number of hydrogen-bond donors (Lipinski definition) is 4. The van der Waals surface area contributed by atoms with Crippen LogP contribution in [0.5, 0.6) is 0 Å². The number of nitrogen functional groups attached to an aromatic ring is 1. The Labute approximate surface area is 114 Å². The average Bonchev–Trinajstić information content (AvgIpc) is 2.44. The molecule has 1 aromatic rings. The first kappa shape index (κ1) is 9.37. The molecule has 7 heteroatoms. The van der Waals surface area contributed by atoms with Gasteiger partial charge in [-0.1, -0.05) is 0 Å². The lowest BCUT2D eigenvalue weighted by Crippen LogP contribution is -2.41. The summed E-state index contributed by atoms with van der Waals surface area (Å²) >= 11 is 0. The lowest BCUT2D eigenvalue weighted by molar-refractivity contribution is -0.140. The molecule has 0 aliphatic heterocycles. The van der Waals surface area contributed by atoms with Gasteiger partial charge in [0.25, 0.3) is 5.91 Å². The van der Waals surface area contributed by atoms with Gasteiger partial charge in [0.15, 0.2) is 0 Å². The molecule has 0 unspecified atom stereocenters. The molecular weight excluding hydrogens is 252 g/mol. The minimum Gasteiger partial charge on any atom is -0.481 e. The molecule has 1 rings (SSSR count). The van der Waals surface area contributed by atoms with Crippen molar-refractivity contribution < 1.29 is 30.1 Å². The molecule has 1 aromatic carbocycles. The number of rotatable bonds is 6. The lowest BCUT2D eigenvalue weighted by Gasteiger charge is -2.13. The molecule has 0 heterocycles. The molecule has 0 radical (unpaired) electrons. The second kappa shape index (κ2) is 6.39. The van der Waals surface area contributed by atoms with Crippen molar-refractivity contribution in [2.24, 2.45) is 0 Å². The molecule has 0 aromatic heterocycles. The zero-order valence-electron chi connectivity index (χ0n) is 13.6. The Hall–Kier alpha value is -2.57. The van der Waals surface area contributed by atoms with E-state index in [1.54, 1.807) is 5.32 Å². The summed E-state index contributed by atoms with van der Waals surface area (Å²) in [5.41, 5.74) is 5.73. The predicted octanol–water partition coefficient (Wildman–Crippen LogP) is 0.317. The Morgan fingerprint density at radius 3 is 2.32 bits per heavy atom. The molecule has 0 saturated carbocycles. The van der Waals surface area contributed by atoms with Crippen molar-refractivity contribution in [2.75, 3.05) is 5.73 Å². The lowest BCUT2D eigenvalue weighted by atomic mass is 10.1. The number of carbonyl (C=O) groups is 3. The van der Waals surface area contributed by atoms with Crippen molar-refractivity contribution >= 4 is 23.5 Å². The molecule has 1 amide bonds. The molecule has 0 bridgehead atoms. The fraction of sp³-hybridized carbons (Fsp3) is 0.250. The maximum atomic E-state index is 12.0. The van der Waals surface area contributed by atoms with Crippen LogP contribution in [0.15, 0.2) is 24.3 Å². The highest BCUT2D eigenvalue weighted by molar-refractivity contribution is 5.96. The van der Waals surface area contributed by atoms with E-state index in [2.05, 4.69) is 0 Å². The molecule has 1 atom stereocenters. The van der Waals surface area contributed by atoms with E-state index in [4.69, 9.17) is 21.4 Å². The van der Waals surface area contributed by atoms with E-state index in [1.807, 2.05) is 0 Å². The van der Waals surface area contributed by atoms with Gasteiger partial charge in [0.2, 0.25) is 0 Å². The van der Waals surface area contributed by atoms with E-state index in [-0.39, 0.29) is 5.56 Å². The predicted molar refractivity (Wildman–Crippen MR) is 66.6 cm³/mol. The minimum absolute atomic E-state index is 0.0443. The molecule has 0 fully saturated rings. The van der Waals surface area contributed by atoms with Crippen LogP contribution in [0.2, 0.25) is 0 Å². The largest absolute Gasteiger partial charge is 0.481 e. The highest BCUT2D eigenvalue weighted by atomic mass is 16.4. The van der Waals surface area contributed by atoms with Gasteiger partial charge in [-0.2, -0.15) is 0 Å². The highest BCUT2D eigenvalue weighted by Gasteiger charge is 2.21. The van der Waals surface area contributed by atoms with E-state index in [9.17, 15) is 14.4 Å². The van der Waals surface area contributed by atoms with E-state index in [0.717, 1.165) is 0 Å². The molecule has 5 N–H and O–H groups in total. The van der Waals surface area contributed by atoms with Crippen molar-refractivity contribution in [3.63, 3.8) is 0 Å². The molecule has 0 spiro atoms. The molecule has 102 valence electrons. The second-order valence-corrected chi connectivity index (χ2v) is 3.44. The van der Waals surface area contributed by atoms with E-state index in [1.165, 1.54) is 24.3 Å². The van der Waals surface area contributed by atoms with Gasteiger partial charge in [-0.3, -0.25) is 9.59 Å². The van der Waals surface area contributed by atoms with Crippen molar-refractivity contribution in [3.05, 3.63) is 29.8 Å². The summed E-state index contributed by atoms with van der Waals surface area (Å²) in [6.07, 6.45) is -6.95. The normalized spacial score (nSPS) is 16.2. The van der Waals surface area contributed by atoms with Crippen LogP contribution in [0.1, 0.15) is 28.6 Å². The Morgan fingerprint density at radius 1 is 1.26 bits per heavy atom. The van der Waals surface area contributed by atoms with Gasteiger partial charge in [-0.15, -0.1) is 0 Å². The number of amides is 1. The van der Waals surface area contributed by atoms with Crippen molar-refractivity contribution in [2.45, 2.75) is 18.8 Å². The monoisotopic (exact) mass is 270 g/mol. The Kier molecular flexibility index (Phi) is 3.15. The highest BCUT2D eigenvalue weighted by Crippen LogP contribution is 2.06. The third-order valence-corrected chi connectivity index (χ3v) is 2.02. The number of benzene rings is 1. The Morgan fingerprint density at radius 2 is 1.84 bits per heavy atom. The van der Waals surface area contributed by atoms with E-state index < -0.39 is 36.6 Å². The van der Waals surface area contributed by atoms with Gasteiger partial charge in [0.1, 0.15) is 6.04 Å². The summed E-state index contributed by atoms with van der Waals surface area (Å²) in [4.78, 5) is 34.0. The molecule has 19 heavy (non-hydrogen) atoms. The molecular formula is C12H14N2O5. The SMILES string of the molecule is [2H]C([2H])(C(=O)O)C([2H])([2H])[C@H](NC(=O)c1ccc(N)cc1)C(=O)O. The maximum Gasteiger partial charge on any atom is 0.326 e. The quantitative estimate of drug-likeness (QED) is 0.551. The number of aliphatic carboxylic acids is 2. The summed E-state index contributed by atoms with van der Waals surface area (Å²) in [6, 6.07) is 2.81. The third kappa shape index (κ3) is 4.66. The zero-order chi connectivity index (χ0) is 18.0. The fourth-order valence-electron chi connectivity index (χ4n) is 1.14. The summed E-state index contributed by atoms with van der Waals surface area (Å²) in [6.45, 7) is 0. The van der Waals surface area contributed by atoms with Gasteiger partial charge < -0.3 is 21.3 Å². The molecule has 7 nitrogen and oxygen atoms in total. The number of carbonyl (C=O) groups excluding carboxylic acids is 1. The van der Waals surface area contributed by atoms with Crippen LogP contribution >= 0.6 is 0 Å². The minimum atomic E-state index is -3.54. The zero-order valence-corrected chi connectivity index (χ0v) is 9.58. The van der Waals surface area contributed by atoms with E-state index in [0.29, 0.717) is 5.69 Å². The molecule has 0 aliphatic rings. The van der Waals surface area contributed by atoms with Gasteiger partial charge in [0.05, 0.1) is 0 Å². The van der Waals surface area contributed by atoms with Crippen LogP contribution in [0, 0.1) is 0 Å². The number of nitrogens with two attached hydrogens (primary N) is 1. The third-order valence-electron chi connectivity index (χ3n) is 2.02. The fourth-order valence-corrected chi connectivity index (χ4v) is 1.14. The van der Waals surface area contributed by atoms with Crippen molar-refractivity contribution in [1.82, 2.24) is 5.32 Å². The topological polar surface area (TPSA) is 130 Å². The molecule has 0 saturated heterocycles. The summed E-state index contributed by atoms with van der Waals surface area (Å²) in [5, 5.41) is 19.6. The van der Waals surface area contributed by atoms with Crippen LogP contribution in [-0.4, -0.2) is 34.1 Å². The summed E-state index contributed by atoms with van der Waals surface area (Å²) in [7, 11) is 0. The van der Waals surface area contributed by atoms with Crippen LogP contribution in [0.3, 0.4) is 0 Å².